The summed E-state index contributed by atoms with van der Waals surface area (Å²) in [5.74, 6) is 0.615. The number of benzene rings is 6. The summed E-state index contributed by atoms with van der Waals surface area (Å²) >= 11 is 0.0833. The average Bonchev–Trinajstić information content (AvgIpc) is 3.29. The molecule has 0 unspecified atom stereocenters. The first-order chi connectivity index (χ1) is 33.9. The number of hydrogen-bond acceptors (Lipinski definition) is 8. The van der Waals surface area contributed by atoms with Gasteiger partial charge in [-0.2, -0.15) is 0 Å². The predicted octanol–water partition coefficient (Wildman–Crippen LogP) is 15.4. The summed E-state index contributed by atoms with van der Waals surface area (Å²) in [6.07, 6.45) is 0. The standard InChI is InChI=1S/2C31H41NO3.2CH3.Hf/c2*1-20-16-23(28(33)24(17-20)30(3,4)5)22-12-10-11-13-26(22)32(14-15-35-9)27-19-21(2)18-25(29(27)34)31(6,7)8;;;/h2*10-13,16-19,33-34H,14-15H2,1-9H3;2*1H3;/q;;;;+2/p-2. The molecular weight excluding hydrogens is 1070 g/mol. The van der Waals surface area contributed by atoms with Crippen molar-refractivity contribution < 1.29 is 52.8 Å². The van der Waals surface area contributed by atoms with Gasteiger partial charge in [0.15, 0.2) is 0 Å². The Kier molecular flexibility index (Phi) is 20.7. The van der Waals surface area contributed by atoms with E-state index in [-0.39, 0.29) is 67.6 Å². The van der Waals surface area contributed by atoms with Crippen molar-refractivity contribution in [1.29, 1.82) is 0 Å². The predicted molar refractivity (Wildman–Crippen MR) is 302 cm³/mol. The van der Waals surface area contributed by atoms with Crippen molar-refractivity contribution in [3.05, 3.63) is 142 Å². The molecule has 392 valence electrons. The maximum absolute atomic E-state index is 13.7. The van der Waals surface area contributed by atoms with Crippen LogP contribution in [0.3, 0.4) is 0 Å². The summed E-state index contributed by atoms with van der Waals surface area (Å²) in [6.45, 7) is 35.2. The fraction of sp³-hybridized carbons (Fsp3) is 0.438. The third kappa shape index (κ3) is 15.0. The second-order valence-electron chi connectivity index (χ2n) is 23.6. The first-order valence-corrected chi connectivity index (χ1v) is 32.7. The molecule has 0 aliphatic carbocycles. The quantitative estimate of drug-likeness (QED) is 0.117. The van der Waals surface area contributed by atoms with Crippen LogP contribution in [0.4, 0.5) is 22.7 Å². The number of phenolic OH excluding ortho intramolecular Hbond substituents is 2. The molecule has 9 heteroatoms. The van der Waals surface area contributed by atoms with Crippen LogP contribution in [0, 0.1) is 27.7 Å². The third-order valence-electron chi connectivity index (χ3n) is 12.8. The molecule has 0 radical (unpaired) electrons. The van der Waals surface area contributed by atoms with Gasteiger partial charge in [0.25, 0.3) is 0 Å². The normalized spacial score (nSPS) is 11.8. The molecule has 6 aromatic rings. The Morgan fingerprint density at radius 3 is 0.986 bits per heavy atom. The summed E-state index contributed by atoms with van der Waals surface area (Å²) in [4.78, 5) is 4.16. The van der Waals surface area contributed by atoms with E-state index in [1.807, 2.05) is 125 Å². The van der Waals surface area contributed by atoms with Crippen molar-refractivity contribution in [2.24, 2.45) is 0 Å². The van der Waals surface area contributed by atoms with E-state index in [1.54, 1.807) is 14.2 Å². The number of rotatable bonds is 12. The van der Waals surface area contributed by atoms with Gasteiger partial charge in [-0.1, -0.05) is 179 Å². The van der Waals surface area contributed by atoms with E-state index in [1.165, 1.54) is 0 Å². The fourth-order valence-electron chi connectivity index (χ4n) is 9.12. The summed E-state index contributed by atoms with van der Waals surface area (Å²) < 4.78 is 15.5. The number of aryl methyl sites for hydroxylation is 4. The number of ether oxygens (including phenoxy) is 2. The zero-order valence-corrected chi connectivity index (χ0v) is 51.6. The fourth-order valence-corrected chi connectivity index (χ4v) is 9.12. The van der Waals surface area contributed by atoms with Gasteiger partial charge in [-0.15, -0.1) is 0 Å². The minimum atomic E-state index is -0.265. The van der Waals surface area contributed by atoms with Crippen LogP contribution in [0.1, 0.15) is 128 Å². The number of anilines is 4. The molecule has 0 amide bonds. The monoisotopic (exact) mass is 1160 g/mol. The second-order valence-corrected chi connectivity index (χ2v) is 27.2. The SMILES string of the molecule is COCCN(c1ccccc1-c1cc(C)cc(C(C)(C)C)c1[O-])c1cc(C)cc(C(C)(C)C)c1O.COCCN(c1ccccc1-c1cc(C)cc(C(C)(C)C)c1[O-])c1cc(C)cc(C(C)(C)C)c1O.[CH3][Hf+2][CH3]. The van der Waals surface area contributed by atoms with E-state index in [9.17, 15) is 20.4 Å². The molecule has 6 rings (SSSR count). The van der Waals surface area contributed by atoms with E-state index in [0.717, 1.165) is 78.4 Å². The Bertz CT molecular complexity index is 2610. The minimum absolute atomic E-state index is 0.0473. The number of nitrogens with zero attached hydrogens (tertiary/aromatic N) is 2. The molecule has 6 aromatic carbocycles. The second kappa shape index (κ2) is 25.0. The first kappa shape index (κ1) is 60.5. The van der Waals surface area contributed by atoms with Crippen LogP contribution < -0.4 is 20.0 Å². The Hall–Kier alpha value is -5.09. The summed E-state index contributed by atoms with van der Waals surface area (Å²) in [6, 6.07) is 31.9. The van der Waals surface area contributed by atoms with E-state index in [4.69, 9.17) is 9.47 Å². The number of para-hydroxylation sites is 2. The van der Waals surface area contributed by atoms with Crippen molar-refractivity contribution in [2.75, 3.05) is 50.3 Å². The van der Waals surface area contributed by atoms with Crippen LogP contribution >= 0.6 is 0 Å². The first-order valence-electron chi connectivity index (χ1n) is 25.5. The summed E-state index contributed by atoms with van der Waals surface area (Å²) in [5.41, 5.74) is 12.9. The number of phenols is 2. The van der Waals surface area contributed by atoms with Crippen molar-refractivity contribution in [3.8, 4) is 45.3 Å². The molecule has 0 aliphatic heterocycles. The van der Waals surface area contributed by atoms with E-state index < -0.39 is 0 Å². The van der Waals surface area contributed by atoms with Crippen LogP contribution in [0.25, 0.3) is 22.3 Å². The van der Waals surface area contributed by atoms with Crippen molar-refractivity contribution in [2.45, 2.75) is 142 Å². The van der Waals surface area contributed by atoms with Crippen molar-refractivity contribution in [3.63, 3.8) is 0 Å². The molecule has 0 bridgehead atoms. The summed E-state index contributed by atoms with van der Waals surface area (Å²) in [7, 11) is 3.35. The zero-order valence-electron chi connectivity index (χ0n) is 48.0. The molecule has 0 saturated carbocycles. The number of methoxy groups -OCH3 is 2. The molecule has 0 saturated heterocycles. The maximum atomic E-state index is 13.7. The van der Waals surface area contributed by atoms with Crippen LogP contribution in [-0.2, 0) is 54.0 Å². The van der Waals surface area contributed by atoms with Crippen LogP contribution in [-0.4, -0.2) is 50.7 Å². The molecule has 0 heterocycles. The van der Waals surface area contributed by atoms with E-state index >= 15 is 0 Å². The van der Waals surface area contributed by atoms with E-state index in [0.29, 0.717) is 37.4 Å². The van der Waals surface area contributed by atoms with Crippen molar-refractivity contribution in [1.82, 2.24) is 0 Å². The van der Waals surface area contributed by atoms with Gasteiger partial charge in [-0.3, -0.25) is 0 Å². The van der Waals surface area contributed by atoms with Crippen LogP contribution in [0.2, 0.25) is 9.36 Å². The molecular formula is C64H86HfN2O6. The molecule has 0 aromatic heterocycles. The molecule has 0 spiro atoms. The van der Waals surface area contributed by atoms with Gasteiger partial charge in [0.1, 0.15) is 11.5 Å². The Morgan fingerprint density at radius 2 is 0.699 bits per heavy atom. The number of aromatic hydroxyl groups is 2. The molecule has 8 nitrogen and oxygen atoms in total. The van der Waals surface area contributed by atoms with Gasteiger partial charge in [-0.05, 0) is 107 Å². The van der Waals surface area contributed by atoms with Crippen LogP contribution in [0.5, 0.6) is 23.0 Å². The van der Waals surface area contributed by atoms with Gasteiger partial charge >= 0.3 is 32.3 Å². The average molecular weight is 1160 g/mol. The Labute approximate surface area is 451 Å². The Morgan fingerprint density at radius 1 is 0.425 bits per heavy atom. The molecule has 2 N–H and O–H groups in total. The van der Waals surface area contributed by atoms with Gasteiger partial charge in [0.05, 0.1) is 24.6 Å². The molecule has 0 atom stereocenters. The van der Waals surface area contributed by atoms with Gasteiger partial charge in [0, 0.05) is 60.9 Å². The zero-order chi connectivity index (χ0) is 55.0. The van der Waals surface area contributed by atoms with Gasteiger partial charge in [0.2, 0.25) is 0 Å². The number of hydrogen-bond donors (Lipinski definition) is 2. The third-order valence-corrected chi connectivity index (χ3v) is 12.8. The molecule has 73 heavy (non-hydrogen) atoms. The molecule has 0 aliphatic rings. The summed E-state index contributed by atoms with van der Waals surface area (Å²) in [5, 5.41) is 50.3. The Balaban J connectivity index is 0.000000300. The van der Waals surface area contributed by atoms with Gasteiger partial charge < -0.3 is 39.7 Å². The molecule has 0 fully saturated rings. The topological polar surface area (TPSA) is 112 Å². The van der Waals surface area contributed by atoms with Crippen LogP contribution in [0.15, 0.2) is 97.1 Å². The van der Waals surface area contributed by atoms with E-state index in [2.05, 4.69) is 102 Å². The van der Waals surface area contributed by atoms with Crippen molar-refractivity contribution >= 4 is 22.7 Å². The van der Waals surface area contributed by atoms with Gasteiger partial charge in [-0.25, -0.2) is 0 Å².